The molecule has 2 fully saturated rings. The van der Waals surface area contributed by atoms with E-state index in [4.69, 9.17) is 9.84 Å². The number of carboxylic acid groups (broad SMARTS) is 1. The van der Waals surface area contributed by atoms with Gasteiger partial charge in [-0.1, -0.05) is 0 Å². The fourth-order valence-electron chi connectivity index (χ4n) is 3.25. The molecule has 8 heteroatoms. The first-order chi connectivity index (χ1) is 12.4. The van der Waals surface area contributed by atoms with E-state index in [0.29, 0.717) is 11.6 Å². The van der Waals surface area contributed by atoms with E-state index in [1.807, 2.05) is 4.90 Å². The zero-order valence-electron chi connectivity index (χ0n) is 14.7. The third kappa shape index (κ3) is 4.85. The van der Waals surface area contributed by atoms with Gasteiger partial charge in [0.2, 0.25) is 0 Å². The Kier molecular flexibility index (Phi) is 5.61. The number of halogens is 1. The van der Waals surface area contributed by atoms with Crippen LogP contribution in [0.2, 0.25) is 0 Å². The molecule has 3 rings (SSSR count). The number of hydrogen-bond acceptors (Lipinski definition) is 4. The van der Waals surface area contributed by atoms with Gasteiger partial charge in [-0.15, -0.1) is 0 Å². The quantitative estimate of drug-likeness (QED) is 0.657. The third-order valence-corrected chi connectivity index (χ3v) is 4.90. The number of amides is 2. The average Bonchev–Trinajstić information content (AvgIpc) is 3.33. The number of urea groups is 1. The molecule has 0 aromatic heterocycles. The van der Waals surface area contributed by atoms with E-state index in [2.05, 4.69) is 10.6 Å². The van der Waals surface area contributed by atoms with Crippen molar-refractivity contribution in [1.82, 2.24) is 10.2 Å². The highest BCUT2D eigenvalue weighted by Crippen LogP contribution is 2.33. The molecule has 0 heterocycles. The molecule has 0 aliphatic heterocycles. The van der Waals surface area contributed by atoms with Crippen molar-refractivity contribution >= 4 is 17.7 Å². The van der Waals surface area contributed by atoms with Crippen LogP contribution in [0.5, 0.6) is 5.75 Å². The molecular weight excluding hydrogens is 341 g/mol. The molecule has 1 aromatic carbocycles. The Hall–Kier alpha value is -2.35. The first-order valence-corrected chi connectivity index (χ1v) is 8.81. The number of carbonyl (C=O) groups is 2. The van der Waals surface area contributed by atoms with E-state index in [1.165, 1.54) is 32.1 Å². The minimum atomic E-state index is -0.818. The van der Waals surface area contributed by atoms with Crippen molar-refractivity contribution in [3.63, 3.8) is 0 Å². The van der Waals surface area contributed by atoms with Crippen molar-refractivity contribution in [3.05, 3.63) is 24.0 Å². The van der Waals surface area contributed by atoms with Gasteiger partial charge >= 0.3 is 12.0 Å². The first-order valence-electron chi connectivity index (χ1n) is 8.81. The van der Waals surface area contributed by atoms with Gasteiger partial charge < -0.3 is 20.5 Å². The fraction of sp³-hybridized carbons (Fsp3) is 0.556. The van der Waals surface area contributed by atoms with Crippen molar-refractivity contribution in [2.75, 3.05) is 25.5 Å². The molecule has 142 valence electrons. The summed E-state index contributed by atoms with van der Waals surface area (Å²) < 4.78 is 18.5. The molecule has 0 saturated heterocycles. The molecule has 0 spiro atoms. The van der Waals surface area contributed by atoms with Crippen LogP contribution in [0, 0.1) is 11.7 Å². The minimum Gasteiger partial charge on any atom is -0.494 e. The van der Waals surface area contributed by atoms with Crippen molar-refractivity contribution in [1.29, 1.82) is 0 Å². The van der Waals surface area contributed by atoms with Crippen LogP contribution in [0.25, 0.3) is 0 Å². The average molecular weight is 365 g/mol. The number of anilines is 1. The molecule has 2 amide bonds. The van der Waals surface area contributed by atoms with Crippen LogP contribution in [0.4, 0.5) is 14.9 Å². The number of rotatable bonds is 8. The molecule has 0 bridgehead atoms. The standard InChI is InChI=1S/C18H24FN3O4/c1-26-16-5-4-12(8-15(16)19)20-18(25)21-13-6-14(7-13)22(10-17(23)24)9-11-2-3-11/h4-5,8,11,13-14H,2-3,6-7,9-10H2,1H3,(H,23,24)(H2,20,21,25). The van der Waals surface area contributed by atoms with E-state index in [0.717, 1.165) is 19.4 Å². The molecule has 26 heavy (non-hydrogen) atoms. The van der Waals surface area contributed by atoms with E-state index in [-0.39, 0.29) is 24.4 Å². The predicted molar refractivity (Wildman–Crippen MR) is 93.8 cm³/mol. The van der Waals surface area contributed by atoms with Crippen LogP contribution < -0.4 is 15.4 Å². The number of carbonyl (C=O) groups excluding carboxylic acids is 1. The lowest BCUT2D eigenvalue weighted by atomic mass is 9.85. The lowest BCUT2D eigenvalue weighted by molar-refractivity contribution is -0.139. The minimum absolute atomic E-state index is 0.00130. The maximum atomic E-state index is 13.6. The maximum absolute atomic E-state index is 13.6. The van der Waals surface area contributed by atoms with Crippen molar-refractivity contribution in [2.24, 2.45) is 5.92 Å². The van der Waals surface area contributed by atoms with Gasteiger partial charge in [0, 0.05) is 30.4 Å². The van der Waals surface area contributed by atoms with E-state index in [1.54, 1.807) is 6.07 Å². The normalized spacial score (nSPS) is 21.8. The molecule has 3 N–H and O–H groups in total. The summed E-state index contributed by atoms with van der Waals surface area (Å²) in [7, 11) is 1.38. The monoisotopic (exact) mass is 365 g/mol. The maximum Gasteiger partial charge on any atom is 0.319 e. The number of ether oxygens (including phenoxy) is 1. The van der Waals surface area contributed by atoms with Crippen molar-refractivity contribution < 1.29 is 23.8 Å². The van der Waals surface area contributed by atoms with Gasteiger partial charge in [0.15, 0.2) is 11.6 Å². The molecule has 7 nitrogen and oxygen atoms in total. The van der Waals surface area contributed by atoms with Crippen molar-refractivity contribution in [3.8, 4) is 5.75 Å². The Bertz CT molecular complexity index is 674. The molecule has 2 aliphatic carbocycles. The lowest BCUT2D eigenvalue weighted by Gasteiger charge is -2.42. The van der Waals surface area contributed by atoms with Crippen LogP contribution in [-0.2, 0) is 4.79 Å². The summed E-state index contributed by atoms with van der Waals surface area (Å²) in [5.74, 6) is -0.624. The Labute approximate surface area is 151 Å². The van der Waals surface area contributed by atoms with Gasteiger partial charge in [-0.05, 0) is 43.7 Å². The fourth-order valence-corrected chi connectivity index (χ4v) is 3.25. The highest BCUT2D eigenvalue weighted by atomic mass is 19.1. The van der Waals surface area contributed by atoms with Gasteiger partial charge in [-0.25, -0.2) is 9.18 Å². The Morgan fingerprint density at radius 1 is 1.35 bits per heavy atom. The topological polar surface area (TPSA) is 90.9 Å². The second-order valence-corrected chi connectivity index (χ2v) is 7.04. The summed E-state index contributed by atoms with van der Waals surface area (Å²) >= 11 is 0. The number of methoxy groups -OCH3 is 1. The lowest BCUT2D eigenvalue weighted by Crippen LogP contribution is -2.55. The molecule has 0 atom stereocenters. The number of nitrogens with zero attached hydrogens (tertiary/aromatic N) is 1. The predicted octanol–water partition coefficient (Wildman–Crippen LogP) is 2.28. The van der Waals surface area contributed by atoms with Gasteiger partial charge in [0.25, 0.3) is 0 Å². The summed E-state index contributed by atoms with van der Waals surface area (Å²) in [4.78, 5) is 25.1. The number of hydrogen-bond donors (Lipinski definition) is 3. The van der Waals surface area contributed by atoms with Crippen LogP contribution in [-0.4, -0.2) is 54.3 Å². The second kappa shape index (κ2) is 7.90. The molecule has 0 radical (unpaired) electrons. The van der Waals surface area contributed by atoms with Crippen LogP contribution >= 0.6 is 0 Å². The summed E-state index contributed by atoms with van der Waals surface area (Å²) in [6, 6.07) is 4.01. The smallest absolute Gasteiger partial charge is 0.319 e. The van der Waals surface area contributed by atoms with Gasteiger partial charge in [0.05, 0.1) is 13.7 Å². The van der Waals surface area contributed by atoms with Crippen LogP contribution in [0.1, 0.15) is 25.7 Å². The number of aliphatic carboxylic acids is 1. The number of benzene rings is 1. The Morgan fingerprint density at radius 2 is 2.08 bits per heavy atom. The zero-order chi connectivity index (χ0) is 18.7. The molecule has 1 aromatic rings. The summed E-state index contributed by atoms with van der Waals surface area (Å²) in [5, 5.41) is 14.5. The van der Waals surface area contributed by atoms with Crippen LogP contribution in [0.15, 0.2) is 18.2 Å². The summed E-state index contributed by atoms with van der Waals surface area (Å²) in [5.41, 5.74) is 0.345. The van der Waals surface area contributed by atoms with E-state index in [9.17, 15) is 14.0 Å². The van der Waals surface area contributed by atoms with Gasteiger partial charge in [-0.3, -0.25) is 9.69 Å². The first kappa shape index (κ1) is 18.4. The third-order valence-electron chi connectivity index (χ3n) is 4.90. The van der Waals surface area contributed by atoms with E-state index >= 15 is 0 Å². The molecule has 0 unspecified atom stereocenters. The molecular formula is C18H24FN3O4. The summed E-state index contributed by atoms with van der Waals surface area (Å²) in [6.45, 7) is 0.867. The van der Waals surface area contributed by atoms with Gasteiger partial charge in [-0.2, -0.15) is 0 Å². The zero-order valence-corrected chi connectivity index (χ0v) is 14.7. The van der Waals surface area contributed by atoms with Gasteiger partial charge in [0.1, 0.15) is 0 Å². The second-order valence-electron chi connectivity index (χ2n) is 7.04. The SMILES string of the molecule is COc1ccc(NC(=O)NC2CC(N(CC(=O)O)CC3CC3)C2)cc1F. The van der Waals surface area contributed by atoms with Crippen LogP contribution in [0.3, 0.4) is 0 Å². The van der Waals surface area contributed by atoms with Crippen molar-refractivity contribution in [2.45, 2.75) is 37.8 Å². The highest BCUT2D eigenvalue weighted by molar-refractivity contribution is 5.89. The number of nitrogens with one attached hydrogen (secondary N) is 2. The Balaban J connectivity index is 1.44. The Morgan fingerprint density at radius 3 is 2.65 bits per heavy atom. The highest BCUT2D eigenvalue weighted by Gasteiger charge is 2.37. The molecule has 2 saturated carbocycles. The molecule has 2 aliphatic rings. The summed E-state index contributed by atoms with van der Waals surface area (Å²) in [6.07, 6.45) is 3.80. The van der Waals surface area contributed by atoms with E-state index < -0.39 is 17.8 Å². The number of carboxylic acids is 1. The largest absolute Gasteiger partial charge is 0.494 e.